The Kier molecular flexibility index (Phi) is 3.14. The molecular formula is C17H16O7. The Balaban J connectivity index is 2.07. The molecule has 4 rings (SSSR count). The first-order chi connectivity index (χ1) is 11.4. The van der Waals surface area contributed by atoms with E-state index in [4.69, 9.17) is 4.74 Å². The van der Waals surface area contributed by atoms with E-state index in [2.05, 4.69) is 0 Å². The van der Waals surface area contributed by atoms with E-state index in [9.17, 15) is 30.6 Å². The van der Waals surface area contributed by atoms with E-state index in [1.54, 1.807) is 0 Å². The lowest BCUT2D eigenvalue weighted by Crippen LogP contribution is -2.26. The van der Waals surface area contributed by atoms with Crippen molar-refractivity contribution in [2.24, 2.45) is 0 Å². The molecule has 126 valence electrons. The minimum absolute atomic E-state index is 0.0207. The fourth-order valence-electron chi connectivity index (χ4n) is 3.66. The summed E-state index contributed by atoms with van der Waals surface area (Å²) in [4.78, 5) is 0. The summed E-state index contributed by atoms with van der Waals surface area (Å²) in [5.74, 6) is -2.12. The van der Waals surface area contributed by atoms with Crippen LogP contribution < -0.4 is 0 Å². The lowest BCUT2D eigenvalue weighted by atomic mass is 9.86. The number of aliphatic hydroxyl groups is 2. The maximum absolute atomic E-state index is 10.7. The molecule has 7 heteroatoms. The van der Waals surface area contributed by atoms with E-state index in [-0.39, 0.29) is 23.9 Å². The highest BCUT2D eigenvalue weighted by atomic mass is 16.5. The second-order valence-electron chi connectivity index (χ2n) is 6.19. The molecule has 1 fully saturated rings. The molecule has 1 aliphatic heterocycles. The van der Waals surface area contributed by atoms with Crippen LogP contribution in [-0.2, 0) is 4.74 Å². The molecule has 0 aromatic heterocycles. The number of fused-ring (bicyclic) bond motifs is 5. The number of aliphatic hydroxyl groups excluding tert-OH is 2. The fourth-order valence-corrected chi connectivity index (χ4v) is 3.66. The van der Waals surface area contributed by atoms with Crippen LogP contribution in [0.25, 0.3) is 11.1 Å². The summed E-state index contributed by atoms with van der Waals surface area (Å²) in [6.45, 7) is 0.0207. The maximum Gasteiger partial charge on any atom is 0.158 e. The van der Waals surface area contributed by atoms with Crippen LogP contribution >= 0.6 is 0 Å². The molecule has 4 atom stereocenters. The topological polar surface area (TPSA) is 131 Å². The van der Waals surface area contributed by atoms with Gasteiger partial charge >= 0.3 is 0 Å². The summed E-state index contributed by atoms with van der Waals surface area (Å²) in [5.41, 5.74) is 1.61. The van der Waals surface area contributed by atoms with E-state index in [1.807, 2.05) is 0 Å². The maximum atomic E-state index is 10.7. The summed E-state index contributed by atoms with van der Waals surface area (Å²) in [7, 11) is 0. The summed E-state index contributed by atoms with van der Waals surface area (Å²) in [6, 6.07) is 5.14. The number of hydrogen-bond acceptors (Lipinski definition) is 7. The van der Waals surface area contributed by atoms with Gasteiger partial charge in [-0.2, -0.15) is 0 Å². The van der Waals surface area contributed by atoms with Gasteiger partial charge in [0.15, 0.2) is 23.0 Å². The van der Waals surface area contributed by atoms with Crippen molar-refractivity contribution in [2.75, 3.05) is 6.61 Å². The summed E-state index contributed by atoms with van der Waals surface area (Å²) >= 11 is 0. The monoisotopic (exact) mass is 332 g/mol. The average Bonchev–Trinajstić information content (AvgIpc) is 2.89. The van der Waals surface area contributed by atoms with Crippen molar-refractivity contribution in [3.8, 4) is 34.1 Å². The van der Waals surface area contributed by atoms with Gasteiger partial charge < -0.3 is 35.4 Å². The van der Waals surface area contributed by atoms with Gasteiger partial charge in [0.1, 0.15) is 6.10 Å². The third-order valence-electron chi connectivity index (χ3n) is 4.80. The molecule has 0 saturated carbocycles. The molecule has 1 aliphatic carbocycles. The first kappa shape index (κ1) is 15.1. The minimum atomic E-state index is -1.16. The third kappa shape index (κ3) is 1.96. The van der Waals surface area contributed by atoms with Gasteiger partial charge in [0.05, 0.1) is 18.8 Å². The number of aromatic hydroxyl groups is 4. The first-order valence-corrected chi connectivity index (χ1v) is 7.48. The zero-order valence-electron chi connectivity index (χ0n) is 12.4. The van der Waals surface area contributed by atoms with E-state index in [0.29, 0.717) is 22.3 Å². The van der Waals surface area contributed by atoms with Gasteiger partial charge in [-0.1, -0.05) is 0 Å². The summed E-state index contributed by atoms with van der Waals surface area (Å²) in [5, 5.41) is 60.3. The Bertz CT molecular complexity index is 832. The van der Waals surface area contributed by atoms with Crippen molar-refractivity contribution in [1.29, 1.82) is 0 Å². The smallest absolute Gasteiger partial charge is 0.158 e. The van der Waals surface area contributed by atoms with Crippen molar-refractivity contribution in [2.45, 2.75) is 24.2 Å². The van der Waals surface area contributed by atoms with Crippen molar-refractivity contribution in [3.63, 3.8) is 0 Å². The second kappa shape index (κ2) is 5.01. The molecule has 0 bridgehead atoms. The molecule has 2 aromatic carbocycles. The SMILES string of the molecule is Oc1cc2c(cc1O)[C@@H]1[C@H](OC[C@H]1O)[C@@H](O)c1cc(O)c(O)cc1-2. The average molecular weight is 332 g/mol. The van der Waals surface area contributed by atoms with Crippen LogP contribution in [0.2, 0.25) is 0 Å². The number of hydrogen-bond donors (Lipinski definition) is 6. The lowest BCUT2D eigenvalue weighted by Gasteiger charge is -2.23. The van der Waals surface area contributed by atoms with Gasteiger partial charge in [0, 0.05) is 5.92 Å². The molecule has 2 aromatic rings. The van der Waals surface area contributed by atoms with Gasteiger partial charge in [-0.3, -0.25) is 0 Å². The predicted molar refractivity (Wildman–Crippen MR) is 82.0 cm³/mol. The van der Waals surface area contributed by atoms with Crippen LogP contribution in [0.5, 0.6) is 23.0 Å². The fraction of sp³-hybridized carbons (Fsp3) is 0.294. The third-order valence-corrected chi connectivity index (χ3v) is 4.80. The highest BCUT2D eigenvalue weighted by molar-refractivity contribution is 5.78. The van der Waals surface area contributed by atoms with Crippen LogP contribution in [0.1, 0.15) is 23.1 Å². The van der Waals surface area contributed by atoms with Gasteiger partial charge in [0.25, 0.3) is 0 Å². The van der Waals surface area contributed by atoms with Gasteiger partial charge in [-0.25, -0.2) is 0 Å². The van der Waals surface area contributed by atoms with Crippen LogP contribution in [0, 0.1) is 0 Å². The minimum Gasteiger partial charge on any atom is -0.504 e. The van der Waals surface area contributed by atoms with Crippen LogP contribution in [0.4, 0.5) is 0 Å². The van der Waals surface area contributed by atoms with E-state index in [0.717, 1.165) is 0 Å². The summed E-state index contributed by atoms with van der Waals surface area (Å²) in [6.07, 6.45) is -2.85. The molecule has 0 spiro atoms. The zero-order chi connectivity index (χ0) is 17.2. The Morgan fingerprint density at radius 2 is 1.25 bits per heavy atom. The van der Waals surface area contributed by atoms with E-state index < -0.39 is 30.0 Å². The van der Waals surface area contributed by atoms with Crippen molar-refractivity contribution in [3.05, 3.63) is 35.4 Å². The molecule has 1 saturated heterocycles. The molecule has 1 heterocycles. The van der Waals surface area contributed by atoms with Gasteiger partial charge in [-0.05, 0) is 46.5 Å². The largest absolute Gasteiger partial charge is 0.504 e. The highest BCUT2D eigenvalue weighted by Gasteiger charge is 2.46. The molecule has 0 amide bonds. The number of rotatable bonds is 0. The number of ether oxygens (including phenoxy) is 1. The van der Waals surface area contributed by atoms with Crippen LogP contribution in [0.15, 0.2) is 24.3 Å². The Hall–Kier alpha value is -2.48. The number of benzene rings is 2. The molecule has 0 unspecified atom stereocenters. The quantitative estimate of drug-likeness (QED) is 0.398. The number of phenolic OH excluding ortho intramolecular Hbond substituents is 4. The molecule has 6 N–H and O–H groups in total. The standard InChI is InChI=1S/C17H16O7/c18-10-1-6-7-2-11(19)13(21)4-9(7)16(23)17-15(14(22)5-24-17)8(6)3-12(10)20/h1-4,14-23H,5H2/t14-,15+,16+,17+/m1/s1. The Labute approximate surface area is 136 Å². The Morgan fingerprint density at radius 3 is 1.88 bits per heavy atom. The first-order valence-electron chi connectivity index (χ1n) is 7.48. The molecule has 0 radical (unpaired) electrons. The van der Waals surface area contributed by atoms with Crippen LogP contribution in [-0.4, -0.2) is 49.5 Å². The molecule has 24 heavy (non-hydrogen) atoms. The molecule has 2 aliphatic rings. The molecular weight excluding hydrogens is 316 g/mol. The highest BCUT2D eigenvalue weighted by Crippen LogP contribution is 2.51. The van der Waals surface area contributed by atoms with E-state index in [1.165, 1.54) is 24.3 Å². The second-order valence-corrected chi connectivity index (χ2v) is 6.19. The normalized spacial score (nSPS) is 27.9. The molecule has 7 nitrogen and oxygen atoms in total. The van der Waals surface area contributed by atoms with Crippen LogP contribution in [0.3, 0.4) is 0 Å². The van der Waals surface area contributed by atoms with Crippen molar-refractivity contribution >= 4 is 0 Å². The van der Waals surface area contributed by atoms with Crippen molar-refractivity contribution < 1.29 is 35.4 Å². The van der Waals surface area contributed by atoms with Gasteiger partial charge in [0.2, 0.25) is 0 Å². The van der Waals surface area contributed by atoms with E-state index >= 15 is 0 Å². The number of phenols is 4. The predicted octanol–water partition coefficient (Wildman–Crippen LogP) is 1.07. The zero-order valence-corrected chi connectivity index (χ0v) is 12.4. The van der Waals surface area contributed by atoms with Gasteiger partial charge in [-0.15, -0.1) is 0 Å². The lowest BCUT2D eigenvalue weighted by molar-refractivity contribution is -0.00903. The van der Waals surface area contributed by atoms with Crippen molar-refractivity contribution in [1.82, 2.24) is 0 Å². The Morgan fingerprint density at radius 1 is 0.750 bits per heavy atom. The summed E-state index contributed by atoms with van der Waals surface area (Å²) < 4.78 is 5.53.